The number of anilines is 1. The van der Waals surface area contributed by atoms with Crippen molar-refractivity contribution in [3.05, 3.63) is 58.9 Å². The highest BCUT2D eigenvalue weighted by atomic mass is 16.5. The molecule has 0 bridgehead atoms. The van der Waals surface area contributed by atoms with E-state index >= 15 is 0 Å². The van der Waals surface area contributed by atoms with Crippen molar-refractivity contribution in [1.29, 1.82) is 0 Å². The molecule has 130 valence electrons. The molecule has 0 unspecified atom stereocenters. The number of aryl methyl sites for hydroxylation is 1. The summed E-state index contributed by atoms with van der Waals surface area (Å²) in [5, 5.41) is 2.92. The minimum absolute atomic E-state index is 0.180. The first-order chi connectivity index (χ1) is 12.1. The smallest absolute Gasteiger partial charge is 0.409 e. The molecule has 1 aliphatic heterocycles. The standard InChI is InChI=1S/C19H21N3O3/c1-3-13-4-6-15(7-5-13)21-18(23)17-11-20-10-14-12-22(19(24)25-2)9-8-16(14)17/h4-7,10-11H,3,8-9,12H2,1-2H3,(H,21,23). The first-order valence-electron chi connectivity index (χ1n) is 8.31. The van der Waals surface area contributed by atoms with Crippen molar-refractivity contribution >= 4 is 17.7 Å². The quantitative estimate of drug-likeness (QED) is 0.933. The summed E-state index contributed by atoms with van der Waals surface area (Å²) in [7, 11) is 1.36. The van der Waals surface area contributed by atoms with Gasteiger partial charge in [0.15, 0.2) is 0 Å². The Labute approximate surface area is 146 Å². The Hall–Kier alpha value is -2.89. The average Bonchev–Trinajstić information content (AvgIpc) is 2.66. The number of rotatable bonds is 3. The molecule has 2 heterocycles. The molecule has 25 heavy (non-hydrogen) atoms. The molecule has 0 aliphatic carbocycles. The highest BCUT2D eigenvalue weighted by Gasteiger charge is 2.25. The van der Waals surface area contributed by atoms with Crippen molar-refractivity contribution in [2.24, 2.45) is 0 Å². The zero-order valence-corrected chi connectivity index (χ0v) is 14.4. The number of methoxy groups -OCH3 is 1. The van der Waals surface area contributed by atoms with Gasteiger partial charge < -0.3 is 15.0 Å². The van der Waals surface area contributed by atoms with Gasteiger partial charge in [0.25, 0.3) is 5.91 Å². The Kier molecular flexibility index (Phi) is 4.97. The number of carbonyl (C=O) groups is 2. The van der Waals surface area contributed by atoms with Crippen LogP contribution in [0, 0.1) is 0 Å². The lowest BCUT2D eigenvalue weighted by Crippen LogP contribution is -2.36. The summed E-state index contributed by atoms with van der Waals surface area (Å²) in [5.41, 5.74) is 4.36. The number of nitrogens with zero attached hydrogens (tertiary/aromatic N) is 2. The van der Waals surface area contributed by atoms with Crippen LogP contribution in [0.5, 0.6) is 0 Å². The number of aromatic nitrogens is 1. The number of fused-ring (bicyclic) bond motifs is 1. The van der Waals surface area contributed by atoms with Crippen LogP contribution < -0.4 is 5.32 Å². The number of carbonyl (C=O) groups excluding carboxylic acids is 2. The Morgan fingerprint density at radius 1 is 1.24 bits per heavy atom. The van der Waals surface area contributed by atoms with Crippen LogP contribution in [-0.2, 0) is 24.1 Å². The molecule has 6 heteroatoms. The SMILES string of the molecule is CCc1ccc(NC(=O)c2cncc3c2CCN(C(=O)OC)C3)cc1. The van der Waals surface area contributed by atoms with E-state index in [1.807, 2.05) is 24.3 Å². The lowest BCUT2D eigenvalue weighted by atomic mass is 9.97. The summed E-state index contributed by atoms with van der Waals surface area (Å²) in [6.45, 7) is 3.02. The Morgan fingerprint density at radius 3 is 2.68 bits per heavy atom. The molecule has 0 radical (unpaired) electrons. The molecule has 1 N–H and O–H groups in total. The fourth-order valence-electron chi connectivity index (χ4n) is 3.00. The van der Waals surface area contributed by atoms with Crippen LogP contribution in [0.25, 0.3) is 0 Å². The molecule has 0 fully saturated rings. The van der Waals surface area contributed by atoms with E-state index in [4.69, 9.17) is 4.74 Å². The van der Waals surface area contributed by atoms with Crippen LogP contribution in [0.2, 0.25) is 0 Å². The maximum absolute atomic E-state index is 12.7. The van der Waals surface area contributed by atoms with Gasteiger partial charge in [0.1, 0.15) is 0 Å². The van der Waals surface area contributed by atoms with Crippen molar-refractivity contribution in [3.63, 3.8) is 0 Å². The maximum Gasteiger partial charge on any atom is 0.409 e. The molecule has 1 aliphatic rings. The van der Waals surface area contributed by atoms with Gasteiger partial charge in [0.05, 0.1) is 19.2 Å². The zero-order valence-electron chi connectivity index (χ0n) is 14.4. The largest absolute Gasteiger partial charge is 0.453 e. The number of pyridine rings is 1. The lowest BCUT2D eigenvalue weighted by molar-refractivity contribution is 0.102. The summed E-state index contributed by atoms with van der Waals surface area (Å²) in [4.78, 5) is 30.1. The number of ether oxygens (including phenoxy) is 1. The van der Waals surface area contributed by atoms with Crippen molar-refractivity contribution < 1.29 is 14.3 Å². The molecule has 2 aromatic rings. The molecular weight excluding hydrogens is 318 g/mol. The van der Waals surface area contributed by atoms with Gasteiger partial charge in [0, 0.05) is 24.6 Å². The van der Waals surface area contributed by atoms with Crippen LogP contribution >= 0.6 is 0 Å². The van der Waals surface area contributed by atoms with Crippen LogP contribution in [0.1, 0.15) is 34.0 Å². The predicted molar refractivity (Wildman–Crippen MR) is 94.5 cm³/mol. The summed E-state index contributed by atoms with van der Waals surface area (Å²) in [6.07, 6.45) is 4.49. The van der Waals surface area contributed by atoms with E-state index < -0.39 is 0 Å². The highest BCUT2D eigenvalue weighted by Crippen LogP contribution is 2.23. The van der Waals surface area contributed by atoms with Crippen molar-refractivity contribution in [2.75, 3.05) is 19.0 Å². The van der Waals surface area contributed by atoms with Crippen molar-refractivity contribution in [3.8, 4) is 0 Å². The Bertz CT molecular complexity index is 787. The number of hydrogen-bond acceptors (Lipinski definition) is 4. The third-order valence-corrected chi connectivity index (χ3v) is 4.44. The second-order valence-electron chi connectivity index (χ2n) is 5.97. The van der Waals surface area contributed by atoms with Gasteiger partial charge in [-0.3, -0.25) is 9.78 Å². The third kappa shape index (κ3) is 3.63. The maximum atomic E-state index is 12.7. The molecule has 0 saturated carbocycles. The predicted octanol–water partition coefficient (Wildman–Crippen LogP) is 3.02. The van der Waals surface area contributed by atoms with E-state index in [9.17, 15) is 9.59 Å². The monoisotopic (exact) mass is 339 g/mol. The Morgan fingerprint density at radius 2 is 2.00 bits per heavy atom. The van der Waals surface area contributed by atoms with Crippen LogP contribution in [0.15, 0.2) is 36.7 Å². The summed E-state index contributed by atoms with van der Waals surface area (Å²) >= 11 is 0. The molecule has 0 saturated heterocycles. The van der Waals surface area contributed by atoms with Gasteiger partial charge >= 0.3 is 6.09 Å². The van der Waals surface area contributed by atoms with Gasteiger partial charge in [-0.1, -0.05) is 19.1 Å². The van der Waals surface area contributed by atoms with E-state index in [1.165, 1.54) is 12.7 Å². The van der Waals surface area contributed by atoms with Gasteiger partial charge in [-0.05, 0) is 41.7 Å². The molecular formula is C19H21N3O3. The van der Waals surface area contributed by atoms with Gasteiger partial charge in [-0.25, -0.2) is 4.79 Å². The van der Waals surface area contributed by atoms with Crippen LogP contribution in [-0.4, -0.2) is 35.5 Å². The molecule has 6 nitrogen and oxygen atoms in total. The number of hydrogen-bond donors (Lipinski definition) is 1. The van der Waals surface area contributed by atoms with Crippen LogP contribution in [0.3, 0.4) is 0 Å². The average molecular weight is 339 g/mol. The molecule has 1 aromatic heterocycles. The number of nitrogens with one attached hydrogen (secondary N) is 1. The first kappa shape index (κ1) is 17.0. The Balaban J connectivity index is 1.79. The number of benzene rings is 1. The highest BCUT2D eigenvalue weighted by molar-refractivity contribution is 6.05. The second kappa shape index (κ2) is 7.34. The van der Waals surface area contributed by atoms with E-state index in [-0.39, 0.29) is 12.0 Å². The van der Waals surface area contributed by atoms with E-state index in [0.29, 0.717) is 25.1 Å². The molecule has 1 aromatic carbocycles. The van der Waals surface area contributed by atoms with Crippen molar-refractivity contribution in [2.45, 2.75) is 26.3 Å². The zero-order chi connectivity index (χ0) is 17.8. The molecule has 2 amide bonds. The van der Waals surface area contributed by atoms with E-state index in [2.05, 4.69) is 17.2 Å². The second-order valence-corrected chi connectivity index (χ2v) is 5.97. The first-order valence-corrected chi connectivity index (χ1v) is 8.31. The summed E-state index contributed by atoms with van der Waals surface area (Å²) < 4.78 is 4.77. The molecule has 0 spiro atoms. The van der Waals surface area contributed by atoms with E-state index in [0.717, 1.165) is 23.2 Å². The fraction of sp³-hybridized carbons (Fsp3) is 0.316. The molecule has 3 rings (SSSR count). The van der Waals surface area contributed by atoms with Gasteiger partial charge in [-0.15, -0.1) is 0 Å². The fourth-order valence-corrected chi connectivity index (χ4v) is 3.00. The minimum Gasteiger partial charge on any atom is -0.453 e. The van der Waals surface area contributed by atoms with Crippen LogP contribution in [0.4, 0.5) is 10.5 Å². The third-order valence-electron chi connectivity index (χ3n) is 4.44. The number of amides is 2. The molecule has 0 atom stereocenters. The topological polar surface area (TPSA) is 71.5 Å². The summed E-state index contributed by atoms with van der Waals surface area (Å²) in [6, 6.07) is 7.81. The minimum atomic E-state index is -0.364. The summed E-state index contributed by atoms with van der Waals surface area (Å²) in [5.74, 6) is -0.180. The lowest BCUT2D eigenvalue weighted by Gasteiger charge is -2.28. The van der Waals surface area contributed by atoms with Crippen molar-refractivity contribution in [1.82, 2.24) is 9.88 Å². The van der Waals surface area contributed by atoms with Gasteiger partial charge in [-0.2, -0.15) is 0 Å². The van der Waals surface area contributed by atoms with Gasteiger partial charge in [0.2, 0.25) is 0 Å². The van der Waals surface area contributed by atoms with E-state index in [1.54, 1.807) is 17.3 Å². The normalized spacial score (nSPS) is 13.1.